The van der Waals surface area contributed by atoms with Crippen molar-refractivity contribution in [1.82, 2.24) is 4.57 Å². The number of carbonyl (C=O) groups is 2. The second kappa shape index (κ2) is 9.58. The number of aromatic carboxylic acids is 2. The number of benzene rings is 3. The van der Waals surface area contributed by atoms with Crippen molar-refractivity contribution in [3.63, 3.8) is 0 Å². The molecule has 0 saturated carbocycles. The summed E-state index contributed by atoms with van der Waals surface area (Å²) in [6.45, 7) is 1.37. The highest BCUT2D eigenvalue weighted by Crippen LogP contribution is 2.28. The van der Waals surface area contributed by atoms with Gasteiger partial charge in [-0.1, -0.05) is 24.3 Å². The Kier molecular flexibility index (Phi) is 6.42. The summed E-state index contributed by atoms with van der Waals surface area (Å²) in [5.74, 6) is -1.23. The van der Waals surface area contributed by atoms with Crippen LogP contribution in [0.5, 0.6) is 5.75 Å². The van der Waals surface area contributed by atoms with Crippen molar-refractivity contribution in [1.29, 1.82) is 0 Å². The summed E-state index contributed by atoms with van der Waals surface area (Å²) in [7, 11) is 0. The van der Waals surface area contributed by atoms with E-state index in [0.29, 0.717) is 25.3 Å². The Bertz CT molecular complexity index is 1310. The van der Waals surface area contributed by atoms with Gasteiger partial charge >= 0.3 is 11.9 Å². The van der Waals surface area contributed by atoms with Gasteiger partial charge in [-0.3, -0.25) is 0 Å². The molecule has 0 unspecified atom stereocenters. The molecule has 0 radical (unpaired) electrons. The minimum atomic E-state index is -0.969. The Hall–Kier alpha value is -4.10. The molecule has 0 atom stereocenters. The Morgan fingerprint density at radius 3 is 2.33 bits per heavy atom. The fraction of sp³-hybridized carbons (Fsp3) is 0.154. The van der Waals surface area contributed by atoms with Gasteiger partial charge in [0.15, 0.2) is 0 Å². The second-order valence-electron chi connectivity index (χ2n) is 7.80. The third kappa shape index (κ3) is 5.05. The summed E-state index contributed by atoms with van der Waals surface area (Å²) in [6.07, 6.45) is 2.79. The Labute approximate surface area is 190 Å². The maximum Gasteiger partial charge on any atom is 0.335 e. The molecule has 7 nitrogen and oxygen atoms in total. The van der Waals surface area contributed by atoms with Gasteiger partial charge in [0.1, 0.15) is 12.4 Å². The van der Waals surface area contributed by atoms with Gasteiger partial charge in [0.25, 0.3) is 0 Å². The van der Waals surface area contributed by atoms with Gasteiger partial charge in [0, 0.05) is 23.6 Å². The van der Waals surface area contributed by atoms with E-state index in [4.69, 9.17) is 20.7 Å². The maximum absolute atomic E-state index is 11.2. The van der Waals surface area contributed by atoms with Gasteiger partial charge in [0.2, 0.25) is 0 Å². The van der Waals surface area contributed by atoms with Crippen molar-refractivity contribution >= 4 is 22.8 Å². The van der Waals surface area contributed by atoms with E-state index in [1.165, 1.54) is 0 Å². The first-order chi connectivity index (χ1) is 15.9. The molecule has 0 saturated heterocycles. The molecule has 4 aromatic rings. The number of hydrogen-bond donors (Lipinski definition) is 3. The molecule has 7 heteroatoms. The summed E-state index contributed by atoms with van der Waals surface area (Å²) in [5, 5.41) is 19.3. The fourth-order valence-electron chi connectivity index (χ4n) is 3.84. The molecule has 0 bridgehead atoms. The van der Waals surface area contributed by atoms with E-state index in [2.05, 4.69) is 10.8 Å². The van der Waals surface area contributed by atoms with E-state index in [1.807, 2.05) is 36.4 Å². The molecule has 0 amide bonds. The first-order valence-electron chi connectivity index (χ1n) is 10.5. The zero-order chi connectivity index (χ0) is 23.4. The van der Waals surface area contributed by atoms with Crippen molar-refractivity contribution in [2.45, 2.75) is 19.6 Å². The first kappa shape index (κ1) is 22.1. The lowest BCUT2D eigenvalue weighted by Gasteiger charge is -2.09. The molecule has 0 aliphatic rings. The van der Waals surface area contributed by atoms with Crippen LogP contribution in [0, 0.1) is 0 Å². The van der Waals surface area contributed by atoms with Gasteiger partial charge in [0.05, 0.1) is 11.1 Å². The molecule has 4 rings (SSSR count). The number of carboxylic acids is 2. The number of rotatable bonds is 9. The van der Waals surface area contributed by atoms with Crippen LogP contribution in [0.4, 0.5) is 0 Å². The van der Waals surface area contributed by atoms with Gasteiger partial charge in [-0.15, -0.1) is 0 Å². The summed E-state index contributed by atoms with van der Waals surface area (Å²) < 4.78 is 8.06. The monoisotopic (exact) mass is 444 g/mol. The first-order valence-corrected chi connectivity index (χ1v) is 10.5. The molecule has 1 aromatic heterocycles. The van der Waals surface area contributed by atoms with Crippen LogP contribution in [0.3, 0.4) is 0 Å². The van der Waals surface area contributed by atoms with Gasteiger partial charge in [-0.25, -0.2) is 9.59 Å². The van der Waals surface area contributed by atoms with E-state index in [-0.39, 0.29) is 17.7 Å². The number of aromatic nitrogens is 1. The lowest BCUT2D eigenvalue weighted by atomic mass is 10.1. The molecule has 1 heterocycles. The van der Waals surface area contributed by atoms with Gasteiger partial charge < -0.3 is 25.3 Å². The van der Waals surface area contributed by atoms with Crippen LogP contribution in [0.15, 0.2) is 72.9 Å². The summed E-state index contributed by atoms with van der Waals surface area (Å²) in [6, 6.07) is 19.4. The molecule has 0 spiro atoms. The molecule has 33 heavy (non-hydrogen) atoms. The third-order valence-electron chi connectivity index (χ3n) is 5.48. The zero-order valence-electron chi connectivity index (χ0n) is 17.9. The average molecular weight is 444 g/mol. The van der Waals surface area contributed by atoms with Crippen LogP contribution in [0.2, 0.25) is 0 Å². The fourth-order valence-corrected chi connectivity index (χ4v) is 3.84. The molecule has 0 fully saturated rings. The minimum Gasteiger partial charge on any atom is -0.489 e. The van der Waals surface area contributed by atoms with Crippen molar-refractivity contribution in [2.75, 3.05) is 6.54 Å². The number of nitrogens with two attached hydrogens (primary N) is 1. The SMILES string of the molecule is NCCc1cn(Cc2ccc(C(=O)O)cc2)c2ccc(OCc3cccc(C(=O)O)c3)cc12. The van der Waals surface area contributed by atoms with E-state index >= 15 is 0 Å². The van der Waals surface area contributed by atoms with Crippen LogP contribution in [-0.4, -0.2) is 33.3 Å². The number of ether oxygens (including phenoxy) is 1. The number of carboxylic acid groups (broad SMARTS) is 2. The molecule has 3 aromatic carbocycles. The quantitative estimate of drug-likeness (QED) is 0.357. The van der Waals surface area contributed by atoms with Crippen molar-refractivity contribution in [3.05, 3.63) is 101 Å². The number of fused-ring (bicyclic) bond motifs is 1. The van der Waals surface area contributed by atoms with Crippen molar-refractivity contribution in [3.8, 4) is 5.75 Å². The van der Waals surface area contributed by atoms with E-state index < -0.39 is 11.9 Å². The largest absolute Gasteiger partial charge is 0.489 e. The number of nitrogens with zero attached hydrogens (tertiary/aromatic N) is 1. The molecule has 0 aliphatic heterocycles. The number of hydrogen-bond acceptors (Lipinski definition) is 4. The van der Waals surface area contributed by atoms with Crippen LogP contribution < -0.4 is 10.5 Å². The van der Waals surface area contributed by atoms with Gasteiger partial charge in [-0.05, 0) is 72.1 Å². The van der Waals surface area contributed by atoms with Crippen LogP contribution >= 0.6 is 0 Å². The molecular weight excluding hydrogens is 420 g/mol. The van der Waals surface area contributed by atoms with E-state index in [0.717, 1.165) is 27.6 Å². The molecule has 0 aliphatic carbocycles. The van der Waals surface area contributed by atoms with E-state index in [1.54, 1.807) is 30.3 Å². The predicted molar refractivity (Wildman–Crippen MR) is 125 cm³/mol. The lowest BCUT2D eigenvalue weighted by molar-refractivity contribution is 0.0686. The standard InChI is InChI=1S/C26H24N2O5/c27-11-10-21-15-28(14-17-4-6-19(7-5-17)25(29)30)24-9-8-22(13-23(21)24)33-16-18-2-1-3-20(12-18)26(31)32/h1-9,12-13,15H,10-11,14,16,27H2,(H,29,30)(H,31,32). The second-order valence-corrected chi connectivity index (χ2v) is 7.80. The predicted octanol–water partition coefficient (Wildman–Crippen LogP) is 4.17. The van der Waals surface area contributed by atoms with Crippen molar-refractivity contribution < 1.29 is 24.5 Å². The maximum atomic E-state index is 11.2. The Balaban J connectivity index is 1.57. The Morgan fingerprint density at radius 1 is 0.879 bits per heavy atom. The van der Waals surface area contributed by atoms with Crippen LogP contribution in [-0.2, 0) is 19.6 Å². The highest BCUT2D eigenvalue weighted by atomic mass is 16.5. The highest BCUT2D eigenvalue weighted by Gasteiger charge is 2.11. The Morgan fingerprint density at radius 2 is 1.64 bits per heavy atom. The van der Waals surface area contributed by atoms with E-state index in [9.17, 15) is 9.59 Å². The van der Waals surface area contributed by atoms with Crippen LogP contribution in [0.25, 0.3) is 10.9 Å². The van der Waals surface area contributed by atoms with Crippen LogP contribution in [0.1, 0.15) is 37.4 Å². The summed E-state index contributed by atoms with van der Waals surface area (Å²) in [5.41, 5.74) is 10.2. The molecular formula is C26H24N2O5. The summed E-state index contributed by atoms with van der Waals surface area (Å²) in [4.78, 5) is 22.3. The normalized spacial score (nSPS) is 10.9. The highest BCUT2D eigenvalue weighted by molar-refractivity contribution is 5.88. The minimum absolute atomic E-state index is 0.227. The third-order valence-corrected chi connectivity index (χ3v) is 5.48. The smallest absolute Gasteiger partial charge is 0.335 e. The zero-order valence-corrected chi connectivity index (χ0v) is 17.9. The molecule has 4 N–H and O–H groups in total. The topological polar surface area (TPSA) is 115 Å². The van der Waals surface area contributed by atoms with Crippen molar-refractivity contribution in [2.24, 2.45) is 5.73 Å². The summed E-state index contributed by atoms with van der Waals surface area (Å²) >= 11 is 0. The lowest BCUT2D eigenvalue weighted by Crippen LogP contribution is -2.02. The van der Waals surface area contributed by atoms with Gasteiger partial charge in [-0.2, -0.15) is 0 Å². The molecule has 168 valence electrons. The average Bonchev–Trinajstić information content (AvgIpc) is 3.15.